The van der Waals surface area contributed by atoms with Gasteiger partial charge in [-0.3, -0.25) is 9.59 Å². The van der Waals surface area contributed by atoms with Crippen molar-refractivity contribution < 1.29 is 19.1 Å². The van der Waals surface area contributed by atoms with Crippen LogP contribution in [0.25, 0.3) is 0 Å². The summed E-state index contributed by atoms with van der Waals surface area (Å²) in [5.74, 6) is -0.818. The second-order valence-corrected chi connectivity index (χ2v) is 5.99. The number of hydrogen-bond acceptors (Lipinski definition) is 3. The van der Waals surface area contributed by atoms with Gasteiger partial charge in [0.05, 0.1) is 5.92 Å². The van der Waals surface area contributed by atoms with Crippen LogP contribution < -0.4 is 5.32 Å². The molecule has 0 unspecified atom stereocenters. The van der Waals surface area contributed by atoms with Crippen LogP contribution in [0.1, 0.15) is 19.3 Å². The Morgan fingerprint density at radius 3 is 2.55 bits per heavy atom. The Hall–Kier alpha value is -1.56. The summed E-state index contributed by atoms with van der Waals surface area (Å²) in [5.41, 5.74) is 0. The molecule has 1 fully saturated rings. The second-order valence-electron chi connectivity index (χ2n) is 4.82. The minimum Gasteiger partial charge on any atom is -0.481 e. The molecule has 0 radical (unpaired) electrons. The Morgan fingerprint density at radius 2 is 1.95 bits per heavy atom. The summed E-state index contributed by atoms with van der Waals surface area (Å²) in [6.07, 6.45) is 1.41. The summed E-state index contributed by atoms with van der Waals surface area (Å²) < 4.78 is 12.7. The van der Waals surface area contributed by atoms with E-state index in [1.807, 2.05) is 0 Å². The maximum atomic E-state index is 12.7. The van der Waals surface area contributed by atoms with Crippen LogP contribution in [0.15, 0.2) is 29.2 Å². The molecule has 1 aromatic carbocycles. The molecule has 0 aliphatic heterocycles. The minimum absolute atomic E-state index is 0.000536. The molecule has 1 amide bonds. The molecule has 1 aromatic rings. The SMILES string of the molecule is O=C(CCSc1ccc(F)cc1)NC1CC(C(=O)O)C1. The predicted molar refractivity (Wildman–Crippen MR) is 74.0 cm³/mol. The summed E-state index contributed by atoms with van der Waals surface area (Å²) in [5, 5.41) is 11.6. The van der Waals surface area contributed by atoms with Crippen molar-refractivity contribution in [1.29, 1.82) is 0 Å². The summed E-state index contributed by atoms with van der Waals surface area (Å²) in [6, 6.07) is 6.15. The zero-order valence-corrected chi connectivity index (χ0v) is 11.7. The number of carboxylic acid groups (broad SMARTS) is 1. The van der Waals surface area contributed by atoms with E-state index in [1.54, 1.807) is 12.1 Å². The number of thioether (sulfide) groups is 1. The molecular weight excluding hydrogens is 281 g/mol. The summed E-state index contributed by atoms with van der Waals surface area (Å²) >= 11 is 1.49. The van der Waals surface area contributed by atoms with Crippen LogP contribution in [-0.4, -0.2) is 28.8 Å². The molecule has 1 aliphatic carbocycles. The normalized spacial score (nSPS) is 21.1. The maximum absolute atomic E-state index is 12.7. The zero-order chi connectivity index (χ0) is 14.5. The van der Waals surface area contributed by atoms with Gasteiger partial charge in [-0.25, -0.2) is 4.39 Å². The van der Waals surface area contributed by atoms with E-state index in [0.29, 0.717) is 25.0 Å². The number of carbonyl (C=O) groups is 2. The van der Waals surface area contributed by atoms with Gasteiger partial charge in [0.1, 0.15) is 5.82 Å². The predicted octanol–water partition coefficient (Wildman–Crippen LogP) is 2.29. The number of carbonyl (C=O) groups excluding carboxylic acids is 1. The van der Waals surface area contributed by atoms with Gasteiger partial charge in [-0.1, -0.05) is 0 Å². The monoisotopic (exact) mass is 297 g/mol. The lowest BCUT2D eigenvalue weighted by Gasteiger charge is -2.32. The molecule has 2 rings (SSSR count). The van der Waals surface area contributed by atoms with E-state index in [4.69, 9.17) is 5.11 Å². The van der Waals surface area contributed by atoms with Gasteiger partial charge in [0.2, 0.25) is 5.91 Å². The Morgan fingerprint density at radius 1 is 1.30 bits per heavy atom. The molecular formula is C14H16FNO3S. The fourth-order valence-corrected chi connectivity index (χ4v) is 2.88. The Balaban J connectivity index is 1.61. The number of amides is 1. The van der Waals surface area contributed by atoms with Crippen LogP contribution in [0.4, 0.5) is 4.39 Å². The van der Waals surface area contributed by atoms with E-state index in [0.717, 1.165) is 4.90 Å². The first-order chi connectivity index (χ1) is 9.54. The van der Waals surface area contributed by atoms with E-state index >= 15 is 0 Å². The third-order valence-corrected chi connectivity index (χ3v) is 4.28. The average Bonchev–Trinajstić information content (AvgIpc) is 2.35. The molecule has 4 nitrogen and oxygen atoms in total. The highest BCUT2D eigenvalue weighted by atomic mass is 32.2. The van der Waals surface area contributed by atoms with Crippen molar-refractivity contribution in [2.45, 2.75) is 30.2 Å². The highest BCUT2D eigenvalue weighted by molar-refractivity contribution is 7.99. The lowest BCUT2D eigenvalue weighted by Crippen LogP contribution is -2.46. The number of halogens is 1. The van der Waals surface area contributed by atoms with E-state index in [1.165, 1.54) is 23.9 Å². The quantitative estimate of drug-likeness (QED) is 0.791. The van der Waals surface area contributed by atoms with Crippen molar-refractivity contribution in [3.8, 4) is 0 Å². The first-order valence-electron chi connectivity index (χ1n) is 6.45. The topological polar surface area (TPSA) is 66.4 Å². The number of nitrogens with one attached hydrogen (secondary N) is 1. The molecule has 0 spiro atoms. The van der Waals surface area contributed by atoms with E-state index in [-0.39, 0.29) is 23.7 Å². The van der Waals surface area contributed by atoms with Gasteiger partial charge >= 0.3 is 5.97 Å². The smallest absolute Gasteiger partial charge is 0.306 e. The van der Waals surface area contributed by atoms with E-state index in [2.05, 4.69) is 5.32 Å². The zero-order valence-electron chi connectivity index (χ0n) is 10.8. The molecule has 0 atom stereocenters. The van der Waals surface area contributed by atoms with Gasteiger partial charge in [-0.05, 0) is 37.1 Å². The third-order valence-electron chi connectivity index (χ3n) is 3.26. The van der Waals surface area contributed by atoms with Crippen molar-refractivity contribution in [3.05, 3.63) is 30.1 Å². The van der Waals surface area contributed by atoms with E-state index in [9.17, 15) is 14.0 Å². The van der Waals surface area contributed by atoms with Gasteiger partial charge in [0.25, 0.3) is 0 Å². The van der Waals surface area contributed by atoms with Crippen molar-refractivity contribution >= 4 is 23.6 Å². The van der Waals surface area contributed by atoms with Gasteiger partial charge in [-0.15, -0.1) is 11.8 Å². The molecule has 20 heavy (non-hydrogen) atoms. The Labute approximate surface area is 120 Å². The van der Waals surface area contributed by atoms with Crippen molar-refractivity contribution in [1.82, 2.24) is 5.32 Å². The molecule has 0 aromatic heterocycles. The Bertz CT molecular complexity index is 486. The first-order valence-corrected chi connectivity index (χ1v) is 7.43. The molecule has 0 bridgehead atoms. The minimum atomic E-state index is -0.789. The number of rotatable bonds is 6. The number of benzene rings is 1. The van der Waals surface area contributed by atoms with Gasteiger partial charge in [0, 0.05) is 23.1 Å². The first kappa shape index (κ1) is 14.8. The summed E-state index contributed by atoms with van der Waals surface area (Å²) in [7, 11) is 0. The second kappa shape index (κ2) is 6.74. The maximum Gasteiger partial charge on any atom is 0.306 e. The number of hydrogen-bond donors (Lipinski definition) is 2. The van der Waals surface area contributed by atoms with Crippen molar-refractivity contribution in [3.63, 3.8) is 0 Å². The van der Waals surface area contributed by atoms with Crippen LogP contribution in [0, 0.1) is 11.7 Å². The highest BCUT2D eigenvalue weighted by Gasteiger charge is 2.34. The molecule has 0 heterocycles. The number of carboxylic acids is 1. The molecule has 0 saturated heterocycles. The van der Waals surface area contributed by atoms with Crippen LogP contribution in [-0.2, 0) is 9.59 Å². The van der Waals surface area contributed by atoms with Crippen molar-refractivity contribution in [2.24, 2.45) is 5.92 Å². The standard InChI is InChI=1S/C14H16FNO3S/c15-10-1-3-12(4-2-10)20-6-5-13(17)16-11-7-9(8-11)14(18)19/h1-4,9,11H,5-8H2,(H,16,17)(H,18,19). The number of aliphatic carboxylic acids is 1. The average molecular weight is 297 g/mol. The molecule has 1 aliphatic rings. The fraction of sp³-hybridized carbons (Fsp3) is 0.429. The summed E-state index contributed by atoms with van der Waals surface area (Å²) in [6.45, 7) is 0. The van der Waals surface area contributed by atoms with Crippen molar-refractivity contribution in [2.75, 3.05) is 5.75 Å². The van der Waals surface area contributed by atoms with Crippen LogP contribution in [0.2, 0.25) is 0 Å². The fourth-order valence-electron chi connectivity index (χ4n) is 2.03. The lowest BCUT2D eigenvalue weighted by molar-refractivity contribution is -0.146. The molecule has 6 heteroatoms. The summed E-state index contributed by atoms with van der Waals surface area (Å²) in [4.78, 5) is 23.2. The third kappa shape index (κ3) is 4.23. The van der Waals surface area contributed by atoms with Gasteiger partial charge < -0.3 is 10.4 Å². The Kier molecular flexibility index (Phi) is 5.00. The highest BCUT2D eigenvalue weighted by Crippen LogP contribution is 2.27. The molecule has 108 valence electrons. The molecule has 2 N–H and O–H groups in total. The van der Waals surface area contributed by atoms with Gasteiger partial charge in [0.15, 0.2) is 0 Å². The van der Waals surface area contributed by atoms with Gasteiger partial charge in [-0.2, -0.15) is 0 Å². The largest absolute Gasteiger partial charge is 0.481 e. The van der Waals surface area contributed by atoms with Crippen LogP contribution >= 0.6 is 11.8 Å². The lowest BCUT2D eigenvalue weighted by atomic mass is 9.80. The molecule has 1 saturated carbocycles. The van der Waals surface area contributed by atoms with Crippen LogP contribution in [0.5, 0.6) is 0 Å². The van der Waals surface area contributed by atoms with Crippen LogP contribution in [0.3, 0.4) is 0 Å². The van der Waals surface area contributed by atoms with E-state index < -0.39 is 5.97 Å².